The molecule has 6 nitrogen and oxygen atoms in total. The van der Waals surface area contributed by atoms with Crippen LogP contribution in [0.2, 0.25) is 0 Å². The Labute approximate surface area is 132 Å². The van der Waals surface area contributed by atoms with Crippen LogP contribution < -0.4 is 10.5 Å². The van der Waals surface area contributed by atoms with Gasteiger partial charge in [-0.2, -0.15) is 0 Å². The van der Waals surface area contributed by atoms with Gasteiger partial charge in [0, 0.05) is 0 Å². The van der Waals surface area contributed by atoms with Gasteiger partial charge in [-0.05, 0) is 37.5 Å². The zero-order valence-corrected chi connectivity index (χ0v) is 14.0. The van der Waals surface area contributed by atoms with E-state index in [2.05, 4.69) is 5.32 Å². The second-order valence-corrected chi connectivity index (χ2v) is 6.74. The first-order valence-corrected chi connectivity index (χ1v) is 8.86. The Morgan fingerprint density at radius 2 is 2.00 bits per heavy atom. The van der Waals surface area contributed by atoms with Crippen LogP contribution in [0.1, 0.15) is 45.2 Å². The van der Waals surface area contributed by atoms with Gasteiger partial charge in [0.25, 0.3) is 0 Å². The van der Waals surface area contributed by atoms with Crippen LogP contribution in [0.3, 0.4) is 0 Å². The molecule has 3 N–H and O–H groups in total. The number of amides is 1. The van der Waals surface area contributed by atoms with Crippen molar-refractivity contribution in [1.82, 2.24) is 5.32 Å². The van der Waals surface area contributed by atoms with Gasteiger partial charge in [0.1, 0.15) is 6.61 Å². The lowest BCUT2D eigenvalue weighted by molar-refractivity contribution is -0.128. The minimum atomic E-state index is -3.76. The Morgan fingerprint density at radius 3 is 2.55 bits per heavy atom. The van der Waals surface area contributed by atoms with Crippen LogP contribution in [0, 0.1) is 0 Å². The molecule has 0 aromatic heterocycles. The number of nitrogens with one attached hydrogen (secondary N) is 1. The number of hydrogen-bond acceptors (Lipinski definition) is 4. The number of hydrogen-bond donors (Lipinski definition) is 2. The molecule has 0 saturated carbocycles. The number of carbonyl (C=O) groups excluding carboxylic acids is 1. The summed E-state index contributed by atoms with van der Waals surface area (Å²) in [5.41, 5.74) is 0.700. The number of primary sulfonamides is 1. The van der Waals surface area contributed by atoms with Crippen LogP contribution in [0.5, 0.6) is 0 Å². The van der Waals surface area contributed by atoms with Gasteiger partial charge in [-0.15, -0.1) is 0 Å². The predicted octanol–water partition coefficient (Wildman–Crippen LogP) is 1.72. The molecule has 0 radical (unpaired) electrons. The quantitative estimate of drug-likeness (QED) is 0.759. The average molecular weight is 328 g/mol. The van der Waals surface area contributed by atoms with Crippen molar-refractivity contribution < 1.29 is 17.9 Å². The fourth-order valence-electron chi connectivity index (χ4n) is 1.90. The highest BCUT2D eigenvalue weighted by Gasteiger charge is 2.16. The summed E-state index contributed by atoms with van der Waals surface area (Å²) in [5, 5.41) is 7.97. The molecule has 0 bridgehead atoms. The van der Waals surface area contributed by atoms with Gasteiger partial charge < -0.3 is 10.1 Å². The van der Waals surface area contributed by atoms with E-state index in [-0.39, 0.29) is 29.6 Å². The Morgan fingerprint density at radius 1 is 1.32 bits per heavy atom. The molecule has 0 aliphatic heterocycles. The first-order chi connectivity index (χ1) is 10.3. The van der Waals surface area contributed by atoms with E-state index in [1.54, 1.807) is 12.1 Å². The number of rotatable bonds is 8. The maximum atomic E-state index is 11.9. The maximum Gasteiger partial charge on any atom is 0.246 e. The van der Waals surface area contributed by atoms with Crippen molar-refractivity contribution in [3.8, 4) is 0 Å². The Bertz CT molecular complexity index is 601. The van der Waals surface area contributed by atoms with E-state index in [1.807, 2.05) is 20.8 Å². The molecular formula is C15H24N2O4S. The smallest absolute Gasteiger partial charge is 0.246 e. The zero-order chi connectivity index (χ0) is 16.8. The second kappa shape index (κ2) is 8.26. The molecule has 0 unspecified atom stereocenters. The molecule has 0 aliphatic carbocycles. The summed E-state index contributed by atoms with van der Waals surface area (Å²) >= 11 is 0. The normalized spacial score (nSPS) is 14.4. The molecule has 22 heavy (non-hydrogen) atoms. The molecule has 1 aromatic rings. The Balaban J connectivity index is 2.78. The monoisotopic (exact) mass is 328 g/mol. The summed E-state index contributed by atoms with van der Waals surface area (Å²) in [5.74, 6) is -0.229. The molecule has 1 aromatic carbocycles. The van der Waals surface area contributed by atoms with Crippen molar-refractivity contribution >= 4 is 15.9 Å². The van der Waals surface area contributed by atoms with E-state index >= 15 is 0 Å². The Hall–Kier alpha value is -1.44. The standard InChI is InChI=1S/C15H24N2O4S/c1-4-11(3)21-10-15(18)17-14(5-2)12-7-6-8-13(9-12)22(16,19)20/h6-9,11,14H,4-5,10H2,1-3H3,(H,17,18)(H2,16,19,20)/t11-,14+/m0/s1. The third-order valence-electron chi connectivity index (χ3n) is 3.41. The van der Waals surface area contributed by atoms with Crippen molar-refractivity contribution in [2.24, 2.45) is 5.14 Å². The first-order valence-electron chi connectivity index (χ1n) is 7.31. The number of sulfonamides is 1. The minimum Gasteiger partial charge on any atom is -0.369 e. The second-order valence-electron chi connectivity index (χ2n) is 5.18. The van der Waals surface area contributed by atoms with Crippen molar-refractivity contribution in [3.63, 3.8) is 0 Å². The van der Waals surface area contributed by atoms with Gasteiger partial charge in [0.15, 0.2) is 0 Å². The Kier molecular flexibility index (Phi) is 6.99. The molecule has 1 rings (SSSR count). The highest BCUT2D eigenvalue weighted by Crippen LogP contribution is 2.19. The van der Waals surface area contributed by atoms with Crippen LogP contribution in [0.15, 0.2) is 29.2 Å². The molecule has 7 heteroatoms. The summed E-state index contributed by atoms with van der Waals surface area (Å²) in [6.45, 7) is 5.78. The summed E-state index contributed by atoms with van der Waals surface area (Å²) in [6.07, 6.45) is 1.49. The van der Waals surface area contributed by atoms with E-state index in [1.165, 1.54) is 12.1 Å². The van der Waals surface area contributed by atoms with E-state index in [4.69, 9.17) is 9.88 Å². The topological polar surface area (TPSA) is 98.5 Å². The van der Waals surface area contributed by atoms with Crippen molar-refractivity contribution in [3.05, 3.63) is 29.8 Å². The lowest BCUT2D eigenvalue weighted by Gasteiger charge is -2.19. The summed E-state index contributed by atoms with van der Waals surface area (Å²) in [6, 6.07) is 6.01. The summed E-state index contributed by atoms with van der Waals surface area (Å²) in [4.78, 5) is 11.9. The number of carbonyl (C=O) groups is 1. The van der Waals surface area contributed by atoms with E-state index in [9.17, 15) is 13.2 Å². The van der Waals surface area contributed by atoms with E-state index in [0.717, 1.165) is 6.42 Å². The largest absolute Gasteiger partial charge is 0.369 e. The summed E-state index contributed by atoms with van der Waals surface area (Å²) < 4.78 is 28.2. The maximum absolute atomic E-state index is 11.9. The molecule has 0 fully saturated rings. The number of nitrogens with two attached hydrogens (primary N) is 1. The van der Waals surface area contributed by atoms with Crippen LogP contribution in [-0.4, -0.2) is 27.0 Å². The van der Waals surface area contributed by atoms with Gasteiger partial charge in [-0.3, -0.25) is 4.79 Å². The van der Waals surface area contributed by atoms with Crippen molar-refractivity contribution in [2.45, 2.75) is 50.7 Å². The predicted molar refractivity (Wildman–Crippen MR) is 84.7 cm³/mol. The SMILES string of the molecule is CC[C@H](C)OCC(=O)N[C@H](CC)c1cccc(S(N)(=O)=O)c1. The highest BCUT2D eigenvalue weighted by atomic mass is 32.2. The van der Waals surface area contributed by atoms with Gasteiger partial charge >= 0.3 is 0 Å². The minimum absolute atomic E-state index is 0.0135. The van der Waals surface area contributed by atoms with Crippen LogP contribution in [0.25, 0.3) is 0 Å². The third-order valence-corrected chi connectivity index (χ3v) is 4.32. The molecule has 1 amide bonds. The fraction of sp³-hybridized carbons (Fsp3) is 0.533. The molecule has 0 aliphatic rings. The van der Waals surface area contributed by atoms with Crippen LogP contribution in [0.4, 0.5) is 0 Å². The van der Waals surface area contributed by atoms with Gasteiger partial charge in [-0.25, -0.2) is 13.6 Å². The van der Waals surface area contributed by atoms with Crippen molar-refractivity contribution in [1.29, 1.82) is 0 Å². The van der Waals surface area contributed by atoms with E-state index < -0.39 is 10.0 Å². The van der Waals surface area contributed by atoms with Crippen molar-refractivity contribution in [2.75, 3.05) is 6.61 Å². The molecule has 124 valence electrons. The molecule has 2 atom stereocenters. The highest BCUT2D eigenvalue weighted by molar-refractivity contribution is 7.89. The lowest BCUT2D eigenvalue weighted by Crippen LogP contribution is -2.32. The third kappa shape index (κ3) is 5.75. The zero-order valence-electron chi connectivity index (χ0n) is 13.2. The summed E-state index contributed by atoms with van der Waals surface area (Å²) in [7, 11) is -3.76. The fourth-order valence-corrected chi connectivity index (χ4v) is 2.47. The molecule has 0 saturated heterocycles. The average Bonchev–Trinajstić information content (AvgIpc) is 2.49. The lowest BCUT2D eigenvalue weighted by atomic mass is 10.0. The van der Waals surface area contributed by atoms with Crippen LogP contribution in [-0.2, 0) is 19.6 Å². The molecule has 0 heterocycles. The first kappa shape index (κ1) is 18.6. The van der Waals surface area contributed by atoms with Crippen LogP contribution >= 0.6 is 0 Å². The van der Waals surface area contributed by atoms with Gasteiger partial charge in [0.2, 0.25) is 15.9 Å². The van der Waals surface area contributed by atoms with Gasteiger partial charge in [-0.1, -0.05) is 26.0 Å². The number of ether oxygens (including phenoxy) is 1. The van der Waals surface area contributed by atoms with E-state index in [0.29, 0.717) is 12.0 Å². The molecular weight excluding hydrogens is 304 g/mol. The van der Waals surface area contributed by atoms with Gasteiger partial charge in [0.05, 0.1) is 17.0 Å². The molecule has 0 spiro atoms. The number of benzene rings is 1.